The lowest BCUT2D eigenvalue weighted by Gasteiger charge is -2.34. The lowest BCUT2D eigenvalue weighted by molar-refractivity contribution is -0.121. The first-order chi connectivity index (χ1) is 8.73. The molecule has 0 bridgehead atoms. The maximum Gasteiger partial charge on any atom is 0.179 e. The van der Waals surface area contributed by atoms with Crippen LogP contribution in [0.5, 0.6) is 5.75 Å². The fourth-order valence-corrected chi connectivity index (χ4v) is 2.51. The van der Waals surface area contributed by atoms with E-state index in [4.69, 9.17) is 4.74 Å². The number of ketones is 1. The van der Waals surface area contributed by atoms with E-state index in [0.717, 1.165) is 30.7 Å². The highest BCUT2D eigenvalue weighted by Gasteiger charge is 2.38. The van der Waals surface area contributed by atoms with Crippen LogP contribution >= 0.6 is 0 Å². The van der Waals surface area contributed by atoms with Crippen LogP contribution in [0.15, 0.2) is 36.4 Å². The quantitative estimate of drug-likeness (QED) is 0.885. The van der Waals surface area contributed by atoms with Crippen LogP contribution in [0.25, 0.3) is 0 Å². The molecule has 96 valence electrons. The smallest absolute Gasteiger partial charge is 0.179 e. The van der Waals surface area contributed by atoms with Gasteiger partial charge in [0.05, 0.1) is 7.11 Å². The van der Waals surface area contributed by atoms with Crippen molar-refractivity contribution in [3.63, 3.8) is 0 Å². The van der Waals surface area contributed by atoms with Crippen molar-refractivity contribution in [1.29, 1.82) is 0 Å². The van der Waals surface area contributed by atoms with Crippen molar-refractivity contribution in [2.45, 2.75) is 25.3 Å². The Morgan fingerprint density at radius 1 is 1.44 bits per heavy atom. The Morgan fingerprint density at radius 2 is 2.28 bits per heavy atom. The zero-order valence-electron chi connectivity index (χ0n) is 10.9. The number of likely N-dealkylation sites (N-methyl/N-ethyl adjacent to an activating group) is 1. The van der Waals surface area contributed by atoms with Crippen LogP contribution in [0.3, 0.4) is 0 Å². The lowest BCUT2D eigenvalue weighted by Crippen LogP contribution is -2.49. The number of ether oxygens (including phenoxy) is 1. The summed E-state index contributed by atoms with van der Waals surface area (Å²) in [6.07, 6.45) is 5.34. The molecular weight excluding hydrogens is 226 g/mol. The highest BCUT2D eigenvalue weighted by atomic mass is 16.5. The van der Waals surface area contributed by atoms with E-state index in [1.165, 1.54) is 0 Å². The van der Waals surface area contributed by atoms with Gasteiger partial charge in [-0.25, -0.2) is 0 Å². The van der Waals surface area contributed by atoms with Crippen molar-refractivity contribution in [3.05, 3.63) is 42.0 Å². The highest BCUT2D eigenvalue weighted by Crippen LogP contribution is 2.33. The molecule has 1 aromatic rings. The van der Waals surface area contributed by atoms with E-state index in [1.54, 1.807) is 13.2 Å². The van der Waals surface area contributed by atoms with Crippen molar-refractivity contribution in [1.82, 2.24) is 5.32 Å². The maximum absolute atomic E-state index is 12.3. The van der Waals surface area contributed by atoms with Gasteiger partial charge in [0, 0.05) is 0 Å². The second-order valence-corrected chi connectivity index (χ2v) is 4.47. The molecule has 0 saturated carbocycles. The van der Waals surface area contributed by atoms with Crippen LogP contribution in [0.2, 0.25) is 0 Å². The van der Waals surface area contributed by atoms with E-state index in [0.29, 0.717) is 0 Å². The summed E-state index contributed by atoms with van der Waals surface area (Å²) in [6, 6.07) is 7.76. The number of methoxy groups -OCH3 is 1. The molecule has 0 fully saturated rings. The third-order valence-electron chi connectivity index (χ3n) is 3.42. The molecule has 0 heterocycles. The van der Waals surface area contributed by atoms with Crippen LogP contribution in [0, 0.1) is 0 Å². The van der Waals surface area contributed by atoms with Crippen LogP contribution in [-0.4, -0.2) is 19.4 Å². The summed E-state index contributed by atoms with van der Waals surface area (Å²) in [5, 5.41) is 3.36. The first kappa shape index (κ1) is 12.8. The van der Waals surface area contributed by atoms with Gasteiger partial charge in [-0.2, -0.15) is 0 Å². The molecule has 18 heavy (non-hydrogen) atoms. The molecule has 1 aromatic carbocycles. The monoisotopic (exact) mass is 245 g/mol. The van der Waals surface area contributed by atoms with Gasteiger partial charge in [-0.3, -0.25) is 4.79 Å². The van der Waals surface area contributed by atoms with E-state index >= 15 is 0 Å². The Hall–Kier alpha value is -1.61. The van der Waals surface area contributed by atoms with Crippen molar-refractivity contribution in [3.8, 4) is 5.75 Å². The van der Waals surface area contributed by atoms with Gasteiger partial charge >= 0.3 is 0 Å². The summed E-state index contributed by atoms with van der Waals surface area (Å²) in [5.74, 6) is 0.913. The first-order valence-corrected chi connectivity index (χ1v) is 6.33. The molecule has 1 atom stereocenters. The summed E-state index contributed by atoms with van der Waals surface area (Å²) in [4.78, 5) is 12.3. The van der Waals surface area contributed by atoms with Gasteiger partial charge in [0.1, 0.15) is 11.3 Å². The third-order valence-corrected chi connectivity index (χ3v) is 3.42. The first-order valence-electron chi connectivity index (χ1n) is 6.33. The molecule has 0 aliphatic heterocycles. The van der Waals surface area contributed by atoms with Gasteiger partial charge in [0.25, 0.3) is 0 Å². The molecule has 1 aliphatic carbocycles. The van der Waals surface area contributed by atoms with Crippen LogP contribution in [-0.2, 0) is 10.3 Å². The third kappa shape index (κ3) is 2.18. The molecule has 2 rings (SSSR count). The molecule has 0 saturated heterocycles. The largest absolute Gasteiger partial charge is 0.497 e. The number of carbonyl (C=O) groups excluding carboxylic acids is 1. The number of hydrogen-bond acceptors (Lipinski definition) is 3. The fraction of sp³-hybridized carbons (Fsp3) is 0.400. The average molecular weight is 245 g/mol. The molecule has 3 nitrogen and oxygen atoms in total. The average Bonchev–Trinajstić information content (AvgIpc) is 2.42. The summed E-state index contributed by atoms with van der Waals surface area (Å²) in [5.41, 5.74) is 0.399. The molecule has 0 amide bonds. The van der Waals surface area contributed by atoms with Gasteiger partial charge in [-0.05, 0) is 43.2 Å². The molecule has 3 heteroatoms. The van der Waals surface area contributed by atoms with E-state index in [2.05, 4.69) is 5.32 Å². The zero-order valence-corrected chi connectivity index (χ0v) is 10.9. The molecule has 0 unspecified atom stereocenters. The zero-order chi connectivity index (χ0) is 13.0. The number of hydrogen-bond donors (Lipinski definition) is 1. The second kappa shape index (κ2) is 5.36. The van der Waals surface area contributed by atoms with Crippen LogP contribution in [0.1, 0.15) is 25.3 Å². The minimum absolute atomic E-state index is 0.129. The normalized spacial score (nSPS) is 23.1. The molecule has 0 radical (unpaired) electrons. The molecule has 0 spiro atoms. The van der Waals surface area contributed by atoms with E-state index in [1.807, 2.05) is 37.3 Å². The number of benzene rings is 1. The topological polar surface area (TPSA) is 38.3 Å². The predicted molar refractivity (Wildman–Crippen MR) is 71.7 cm³/mol. The molecular formula is C15H19NO2. The molecule has 0 aromatic heterocycles. The summed E-state index contributed by atoms with van der Waals surface area (Å²) >= 11 is 0. The number of allylic oxidation sites excluding steroid dienone is 1. The van der Waals surface area contributed by atoms with Crippen molar-refractivity contribution in [2.75, 3.05) is 13.7 Å². The fourth-order valence-electron chi connectivity index (χ4n) is 2.51. The van der Waals surface area contributed by atoms with Gasteiger partial charge in [0.15, 0.2) is 5.78 Å². The van der Waals surface area contributed by atoms with Crippen LogP contribution in [0.4, 0.5) is 0 Å². The van der Waals surface area contributed by atoms with E-state index < -0.39 is 5.54 Å². The van der Waals surface area contributed by atoms with Crippen molar-refractivity contribution >= 4 is 5.78 Å². The van der Waals surface area contributed by atoms with Crippen LogP contribution < -0.4 is 10.1 Å². The summed E-state index contributed by atoms with van der Waals surface area (Å²) in [6.45, 7) is 2.78. The predicted octanol–water partition coefficient (Wildman–Crippen LogP) is 2.42. The number of rotatable bonds is 4. The highest BCUT2D eigenvalue weighted by molar-refractivity contribution is 5.99. The standard InChI is InChI=1S/C15H19NO2/c1-3-16-15(10-5-4-9-14(15)17)12-7-6-8-13(11-12)18-2/h4,6-9,11,16H,3,5,10H2,1-2H3/t15-/m1/s1. The summed E-state index contributed by atoms with van der Waals surface area (Å²) < 4.78 is 5.25. The number of nitrogens with one attached hydrogen (secondary N) is 1. The minimum atomic E-state index is -0.585. The Labute approximate surface area is 108 Å². The van der Waals surface area contributed by atoms with E-state index in [9.17, 15) is 4.79 Å². The Morgan fingerprint density at radius 3 is 2.94 bits per heavy atom. The molecule has 1 aliphatic rings. The Balaban J connectivity index is 2.46. The SMILES string of the molecule is CCN[C@@]1(c2cccc(OC)c2)CCC=CC1=O. The van der Waals surface area contributed by atoms with Crippen molar-refractivity contribution in [2.24, 2.45) is 0 Å². The molecule has 1 N–H and O–H groups in total. The van der Waals surface area contributed by atoms with Gasteiger partial charge < -0.3 is 10.1 Å². The van der Waals surface area contributed by atoms with Gasteiger partial charge in [-0.15, -0.1) is 0 Å². The second-order valence-electron chi connectivity index (χ2n) is 4.47. The van der Waals surface area contributed by atoms with E-state index in [-0.39, 0.29) is 5.78 Å². The van der Waals surface area contributed by atoms with Crippen molar-refractivity contribution < 1.29 is 9.53 Å². The van der Waals surface area contributed by atoms with Gasteiger partial charge in [-0.1, -0.05) is 25.1 Å². The number of carbonyl (C=O) groups is 1. The maximum atomic E-state index is 12.3. The summed E-state index contributed by atoms with van der Waals surface area (Å²) in [7, 11) is 1.64. The Kier molecular flexibility index (Phi) is 3.82. The minimum Gasteiger partial charge on any atom is -0.497 e. The Bertz CT molecular complexity index is 467. The van der Waals surface area contributed by atoms with Gasteiger partial charge in [0.2, 0.25) is 0 Å². The lowest BCUT2D eigenvalue weighted by atomic mass is 9.78.